The molecule has 0 aliphatic carbocycles. The van der Waals surface area contributed by atoms with Crippen LogP contribution in [0.1, 0.15) is 171 Å². The standard InChI is InChI=1S/C55H76N2O7S2/c1-5-8-34-54(4)39-65(61,62)47-33-31-44(38-46(47)50(52(54)59)41-25-19-17-20-26-41)57-49(58)29-23-15-13-11-10-12-14-16-24-36-56-43-30-32-48-45(37-43)51(42-27-21-18-22-28-42)53(60)55(7-3,35-9-6-2)40-66(48,63)64/h17-22,25-28,30-33,37-38,50-53,56,59-60H,5-16,23-24,29,34-36,39-40H2,1-4H3,(H,57,58)/t50-,51-,52-,53-,54-,55-/m1/s1. The first-order valence-corrected chi connectivity index (χ1v) is 28.2. The molecule has 0 fully saturated rings. The molecule has 4 aromatic rings. The Bertz CT molecular complexity index is 2410. The van der Waals surface area contributed by atoms with Gasteiger partial charge in [-0.25, -0.2) is 16.8 Å². The molecule has 0 aromatic heterocycles. The lowest BCUT2D eigenvalue weighted by Gasteiger charge is -2.39. The van der Waals surface area contributed by atoms with Gasteiger partial charge in [-0.15, -0.1) is 0 Å². The Hall–Kier alpha value is -4.03. The summed E-state index contributed by atoms with van der Waals surface area (Å²) in [4.78, 5) is 13.7. The quantitative estimate of drug-likeness (QED) is 0.0537. The van der Waals surface area contributed by atoms with Gasteiger partial charge in [0, 0.05) is 47.0 Å². The highest BCUT2D eigenvalue weighted by atomic mass is 32.2. The molecule has 0 saturated carbocycles. The van der Waals surface area contributed by atoms with Crippen LogP contribution in [0.5, 0.6) is 0 Å². The molecular formula is C55H76N2O7S2. The Morgan fingerprint density at radius 2 is 1.08 bits per heavy atom. The third-order valence-electron chi connectivity index (χ3n) is 14.7. The molecule has 4 aromatic carbocycles. The Balaban J connectivity index is 0.936. The van der Waals surface area contributed by atoms with E-state index in [1.807, 2.05) is 86.6 Å². The molecule has 0 radical (unpaired) electrons. The van der Waals surface area contributed by atoms with E-state index in [4.69, 9.17) is 0 Å². The van der Waals surface area contributed by atoms with Crippen LogP contribution in [-0.4, -0.2) is 63.2 Å². The SMILES string of the molecule is CCCC[C@]1(C)CS(=O)(=O)c2ccc(NC(=O)CCCCCCCCCCCNc3ccc4c(c3)[C@@H](c3ccccc3)[C@@H](O)[C@](CC)(CCCC)CS4(=O)=O)cc2[C@@H](c2ccccc2)[C@H]1O. The van der Waals surface area contributed by atoms with Crippen molar-refractivity contribution in [2.24, 2.45) is 10.8 Å². The zero-order valence-corrected chi connectivity index (χ0v) is 41.6. The average molecular weight is 941 g/mol. The summed E-state index contributed by atoms with van der Waals surface area (Å²) in [5, 5.41) is 30.7. The summed E-state index contributed by atoms with van der Waals surface area (Å²) in [6.45, 7) is 8.86. The average Bonchev–Trinajstić information content (AvgIpc) is 3.42. The van der Waals surface area contributed by atoms with Gasteiger partial charge in [-0.05, 0) is 90.8 Å². The molecule has 11 heteroatoms. The summed E-state index contributed by atoms with van der Waals surface area (Å²) in [5.74, 6) is -1.27. The second-order valence-electron chi connectivity index (χ2n) is 19.7. The first-order valence-electron chi connectivity index (χ1n) is 24.9. The molecular weight excluding hydrogens is 865 g/mol. The van der Waals surface area contributed by atoms with Crippen molar-refractivity contribution in [2.45, 2.75) is 171 Å². The predicted molar refractivity (Wildman–Crippen MR) is 269 cm³/mol. The van der Waals surface area contributed by atoms with Crippen molar-refractivity contribution in [1.82, 2.24) is 0 Å². The van der Waals surface area contributed by atoms with Crippen LogP contribution in [0.4, 0.5) is 11.4 Å². The second-order valence-corrected chi connectivity index (χ2v) is 23.6. The lowest BCUT2D eigenvalue weighted by Crippen LogP contribution is -2.42. The summed E-state index contributed by atoms with van der Waals surface area (Å²) >= 11 is 0. The molecule has 9 nitrogen and oxygen atoms in total. The molecule has 0 saturated heterocycles. The molecule has 1 amide bonds. The van der Waals surface area contributed by atoms with Gasteiger partial charge >= 0.3 is 0 Å². The van der Waals surface area contributed by atoms with E-state index in [1.165, 1.54) is 0 Å². The van der Waals surface area contributed by atoms with E-state index in [9.17, 15) is 31.8 Å². The van der Waals surface area contributed by atoms with E-state index in [2.05, 4.69) is 24.5 Å². The number of carbonyl (C=O) groups excluding carboxylic acids is 1. The van der Waals surface area contributed by atoms with Gasteiger partial charge in [-0.2, -0.15) is 0 Å². The molecule has 2 aliphatic heterocycles. The Morgan fingerprint density at radius 1 is 0.591 bits per heavy atom. The molecule has 0 unspecified atom stereocenters. The van der Waals surface area contributed by atoms with E-state index in [0.717, 1.165) is 107 Å². The third kappa shape index (κ3) is 12.3. The van der Waals surface area contributed by atoms with Crippen LogP contribution < -0.4 is 10.6 Å². The largest absolute Gasteiger partial charge is 0.392 e. The number of carbonyl (C=O) groups is 1. The Labute approximate surface area is 396 Å². The fraction of sp³-hybridized carbons (Fsp3) is 0.545. The highest BCUT2D eigenvalue weighted by Gasteiger charge is 2.49. The number of nitrogens with one attached hydrogen (secondary N) is 2. The minimum atomic E-state index is -3.70. The summed E-state index contributed by atoms with van der Waals surface area (Å²) in [5.41, 5.74) is 2.87. The van der Waals surface area contributed by atoms with Crippen molar-refractivity contribution in [1.29, 1.82) is 0 Å². The molecule has 2 aliphatic rings. The van der Waals surface area contributed by atoms with Gasteiger partial charge in [-0.1, -0.05) is 159 Å². The number of aliphatic hydroxyl groups excluding tert-OH is 2. The smallest absolute Gasteiger partial charge is 0.224 e. The zero-order chi connectivity index (χ0) is 47.4. The second kappa shape index (κ2) is 23.3. The van der Waals surface area contributed by atoms with Crippen LogP contribution in [0.15, 0.2) is 107 Å². The van der Waals surface area contributed by atoms with E-state index < -0.39 is 54.5 Å². The zero-order valence-electron chi connectivity index (χ0n) is 39.9. The lowest BCUT2D eigenvalue weighted by molar-refractivity contribution is -0.116. The van der Waals surface area contributed by atoms with Crippen molar-refractivity contribution in [3.63, 3.8) is 0 Å². The van der Waals surface area contributed by atoms with Gasteiger partial charge in [0.2, 0.25) is 5.91 Å². The number of rotatable bonds is 23. The molecule has 6 rings (SSSR count). The third-order valence-corrected chi connectivity index (χ3v) is 18.8. The van der Waals surface area contributed by atoms with Crippen LogP contribution in [0.2, 0.25) is 0 Å². The highest BCUT2D eigenvalue weighted by molar-refractivity contribution is 7.91. The number of hydrogen-bond donors (Lipinski definition) is 4. The molecule has 6 atom stereocenters. The van der Waals surface area contributed by atoms with E-state index in [0.29, 0.717) is 47.4 Å². The first-order chi connectivity index (χ1) is 31.7. The number of anilines is 2. The summed E-state index contributed by atoms with van der Waals surface area (Å²) in [7, 11) is -7.33. The van der Waals surface area contributed by atoms with Gasteiger partial charge < -0.3 is 20.8 Å². The highest BCUT2D eigenvalue weighted by Crippen LogP contribution is 2.50. The minimum Gasteiger partial charge on any atom is -0.392 e. The van der Waals surface area contributed by atoms with Crippen LogP contribution in [0.25, 0.3) is 0 Å². The topological polar surface area (TPSA) is 150 Å². The van der Waals surface area contributed by atoms with Crippen molar-refractivity contribution >= 4 is 37.0 Å². The first kappa shape index (κ1) is 51.4. The Morgan fingerprint density at radius 3 is 1.64 bits per heavy atom. The van der Waals surface area contributed by atoms with Crippen molar-refractivity contribution in [3.05, 3.63) is 119 Å². The number of sulfone groups is 2. The van der Waals surface area contributed by atoms with Gasteiger partial charge in [0.1, 0.15) is 0 Å². The molecule has 66 heavy (non-hydrogen) atoms. The fourth-order valence-electron chi connectivity index (χ4n) is 10.8. The van der Waals surface area contributed by atoms with Gasteiger partial charge in [0.25, 0.3) is 0 Å². The van der Waals surface area contributed by atoms with Crippen molar-refractivity contribution in [2.75, 3.05) is 28.7 Å². The van der Waals surface area contributed by atoms with Crippen LogP contribution in [-0.2, 0) is 24.5 Å². The number of benzene rings is 4. The summed E-state index contributed by atoms with van der Waals surface area (Å²) in [6.07, 6.45) is 13.4. The van der Waals surface area contributed by atoms with Crippen LogP contribution >= 0.6 is 0 Å². The number of unbranched alkanes of at least 4 members (excludes halogenated alkanes) is 10. The molecule has 0 spiro atoms. The number of amides is 1. The molecule has 0 bridgehead atoms. The van der Waals surface area contributed by atoms with E-state index >= 15 is 0 Å². The maximum atomic E-state index is 14.0. The molecule has 2 heterocycles. The molecule has 360 valence electrons. The Kier molecular flexibility index (Phi) is 18.1. The molecule has 4 N–H and O–H groups in total. The van der Waals surface area contributed by atoms with Gasteiger partial charge in [0.05, 0.1) is 33.5 Å². The van der Waals surface area contributed by atoms with Crippen LogP contribution in [0.3, 0.4) is 0 Å². The number of hydrogen-bond acceptors (Lipinski definition) is 8. The normalized spacial score (nSPS) is 24.3. The maximum absolute atomic E-state index is 14.0. The van der Waals surface area contributed by atoms with Gasteiger partial charge in [0.15, 0.2) is 19.7 Å². The van der Waals surface area contributed by atoms with E-state index in [-0.39, 0.29) is 22.3 Å². The number of fused-ring (bicyclic) bond motifs is 2. The maximum Gasteiger partial charge on any atom is 0.224 e. The summed E-state index contributed by atoms with van der Waals surface area (Å²) in [6, 6.07) is 30.1. The van der Waals surface area contributed by atoms with Crippen molar-refractivity contribution < 1.29 is 31.8 Å². The van der Waals surface area contributed by atoms with E-state index in [1.54, 1.807) is 24.3 Å². The minimum absolute atomic E-state index is 0.0460. The monoisotopic (exact) mass is 941 g/mol. The van der Waals surface area contributed by atoms with Gasteiger partial charge in [-0.3, -0.25) is 4.79 Å². The lowest BCUT2D eigenvalue weighted by atomic mass is 9.69. The number of aliphatic hydroxyl groups is 2. The van der Waals surface area contributed by atoms with Crippen LogP contribution in [0, 0.1) is 10.8 Å². The fourth-order valence-corrected chi connectivity index (χ4v) is 15.2. The van der Waals surface area contributed by atoms with Crippen molar-refractivity contribution in [3.8, 4) is 0 Å². The summed E-state index contributed by atoms with van der Waals surface area (Å²) < 4.78 is 55.6. The predicted octanol–water partition coefficient (Wildman–Crippen LogP) is 12.0.